The van der Waals surface area contributed by atoms with Gasteiger partial charge < -0.3 is 9.64 Å². The Morgan fingerprint density at radius 1 is 1.17 bits per heavy atom. The van der Waals surface area contributed by atoms with Crippen molar-refractivity contribution in [3.05, 3.63) is 35.1 Å². The second kappa shape index (κ2) is 5.39. The average molecular weight is 259 g/mol. The zero-order chi connectivity index (χ0) is 13.1. The van der Waals surface area contributed by atoms with Crippen LogP contribution in [-0.4, -0.2) is 30.6 Å². The number of hydrogen-bond donors (Lipinski definition) is 0. The molecule has 0 N–H and O–H groups in total. The minimum absolute atomic E-state index is 0.0519. The fraction of sp³-hybridized carbons (Fsp3) is 0.417. The number of carbonyl (C=O) groups is 1. The summed E-state index contributed by atoms with van der Waals surface area (Å²) >= 11 is 0. The molecule has 6 heteroatoms. The predicted octanol–water partition coefficient (Wildman–Crippen LogP) is 1.85. The van der Waals surface area contributed by atoms with Gasteiger partial charge in [-0.2, -0.15) is 0 Å². The van der Waals surface area contributed by atoms with Crippen molar-refractivity contribution >= 4 is 5.91 Å². The molecule has 1 amide bonds. The van der Waals surface area contributed by atoms with Gasteiger partial charge in [0.15, 0.2) is 17.5 Å². The van der Waals surface area contributed by atoms with Crippen LogP contribution in [0.2, 0.25) is 0 Å². The fourth-order valence-electron chi connectivity index (χ4n) is 1.81. The van der Waals surface area contributed by atoms with Gasteiger partial charge in [0.25, 0.3) is 0 Å². The number of ether oxygens (including phenoxy) is 1. The van der Waals surface area contributed by atoms with Crippen molar-refractivity contribution in [1.82, 2.24) is 4.90 Å². The first-order chi connectivity index (χ1) is 8.58. The highest BCUT2D eigenvalue weighted by Crippen LogP contribution is 2.16. The Morgan fingerprint density at radius 3 is 2.50 bits per heavy atom. The van der Waals surface area contributed by atoms with Crippen LogP contribution in [0.15, 0.2) is 12.1 Å². The molecule has 0 radical (unpaired) electrons. The SMILES string of the molecule is O=C1CCOCCN1Cc1cc(F)c(F)c(F)c1. The van der Waals surface area contributed by atoms with Gasteiger partial charge in [-0.1, -0.05) is 0 Å². The molecule has 2 rings (SSSR count). The normalized spacial score (nSPS) is 16.8. The highest BCUT2D eigenvalue weighted by atomic mass is 19.2. The van der Waals surface area contributed by atoms with Gasteiger partial charge in [0.1, 0.15) is 0 Å². The summed E-state index contributed by atoms with van der Waals surface area (Å²) in [6, 6.07) is 1.80. The van der Waals surface area contributed by atoms with E-state index < -0.39 is 17.5 Å². The topological polar surface area (TPSA) is 29.5 Å². The maximum absolute atomic E-state index is 13.0. The van der Waals surface area contributed by atoms with E-state index in [9.17, 15) is 18.0 Å². The summed E-state index contributed by atoms with van der Waals surface area (Å²) in [6.07, 6.45) is 0.242. The molecule has 1 fully saturated rings. The smallest absolute Gasteiger partial charge is 0.225 e. The third-order valence-corrected chi connectivity index (χ3v) is 2.74. The molecule has 0 saturated carbocycles. The van der Waals surface area contributed by atoms with E-state index in [4.69, 9.17) is 4.74 Å². The second-order valence-electron chi connectivity index (χ2n) is 4.05. The lowest BCUT2D eigenvalue weighted by atomic mass is 10.2. The van der Waals surface area contributed by atoms with Crippen LogP contribution in [0.5, 0.6) is 0 Å². The van der Waals surface area contributed by atoms with Crippen molar-refractivity contribution in [2.24, 2.45) is 0 Å². The molecule has 1 heterocycles. The van der Waals surface area contributed by atoms with Crippen LogP contribution in [0.3, 0.4) is 0 Å². The van der Waals surface area contributed by atoms with Crippen LogP contribution in [0.4, 0.5) is 13.2 Å². The summed E-state index contributed by atoms with van der Waals surface area (Å²) < 4.78 is 44.0. The van der Waals surface area contributed by atoms with Gasteiger partial charge in [-0.3, -0.25) is 4.79 Å². The first-order valence-electron chi connectivity index (χ1n) is 5.57. The maximum atomic E-state index is 13.0. The zero-order valence-electron chi connectivity index (χ0n) is 9.59. The molecule has 0 unspecified atom stereocenters. The van der Waals surface area contributed by atoms with Crippen molar-refractivity contribution in [1.29, 1.82) is 0 Å². The van der Waals surface area contributed by atoms with Crippen molar-refractivity contribution in [3.8, 4) is 0 Å². The molecule has 1 aliphatic heterocycles. The van der Waals surface area contributed by atoms with Crippen molar-refractivity contribution in [2.75, 3.05) is 19.8 Å². The number of rotatable bonds is 2. The van der Waals surface area contributed by atoms with E-state index in [0.717, 1.165) is 12.1 Å². The van der Waals surface area contributed by atoms with Gasteiger partial charge in [0.05, 0.1) is 19.6 Å². The summed E-state index contributed by atoms with van der Waals surface area (Å²) in [5.74, 6) is -4.13. The van der Waals surface area contributed by atoms with Crippen LogP contribution in [0, 0.1) is 17.5 Å². The summed E-state index contributed by atoms with van der Waals surface area (Å²) in [5, 5.41) is 0. The lowest BCUT2D eigenvalue weighted by Crippen LogP contribution is -2.31. The Morgan fingerprint density at radius 2 is 1.83 bits per heavy atom. The van der Waals surface area contributed by atoms with Crippen LogP contribution >= 0.6 is 0 Å². The van der Waals surface area contributed by atoms with E-state index in [1.807, 2.05) is 0 Å². The van der Waals surface area contributed by atoms with E-state index in [0.29, 0.717) is 19.8 Å². The standard InChI is InChI=1S/C12H12F3NO2/c13-9-5-8(6-10(14)12(9)15)7-16-2-4-18-3-1-11(16)17/h5-6H,1-4,7H2. The van der Waals surface area contributed by atoms with E-state index in [1.54, 1.807) is 0 Å². The van der Waals surface area contributed by atoms with Gasteiger partial charge in [-0.05, 0) is 17.7 Å². The van der Waals surface area contributed by atoms with Crippen LogP contribution in [-0.2, 0) is 16.1 Å². The fourth-order valence-corrected chi connectivity index (χ4v) is 1.81. The number of benzene rings is 1. The molecule has 1 saturated heterocycles. The van der Waals surface area contributed by atoms with Crippen LogP contribution in [0.1, 0.15) is 12.0 Å². The van der Waals surface area contributed by atoms with Crippen molar-refractivity contribution in [2.45, 2.75) is 13.0 Å². The lowest BCUT2D eigenvalue weighted by molar-refractivity contribution is -0.131. The number of nitrogens with zero attached hydrogens (tertiary/aromatic N) is 1. The second-order valence-corrected chi connectivity index (χ2v) is 4.05. The molecule has 1 aromatic rings. The molecular weight excluding hydrogens is 247 g/mol. The number of carbonyl (C=O) groups excluding carboxylic acids is 1. The van der Waals surface area contributed by atoms with Gasteiger partial charge in [0.2, 0.25) is 5.91 Å². The van der Waals surface area contributed by atoms with Crippen molar-refractivity contribution in [3.63, 3.8) is 0 Å². The lowest BCUT2D eigenvalue weighted by Gasteiger charge is -2.19. The quantitative estimate of drug-likeness (QED) is 0.759. The molecular formula is C12H12F3NO2. The number of hydrogen-bond acceptors (Lipinski definition) is 2. The summed E-state index contributed by atoms with van der Waals surface area (Å²) in [5.41, 5.74) is 0.224. The van der Waals surface area contributed by atoms with Gasteiger partial charge in [-0.15, -0.1) is 0 Å². The Hall–Kier alpha value is -1.56. The van der Waals surface area contributed by atoms with Crippen LogP contribution in [0.25, 0.3) is 0 Å². The molecule has 1 aliphatic rings. The van der Waals surface area contributed by atoms with E-state index >= 15 is 0 Å². The summed E-state index contributed by atoms with van der Waals surface area (Å²) in [4.78, 5) is 13.1. The molecule has 0 aliphatic carbocycles. The largest absolute Gasteiger partial charge is 0.379 e. The first kappa shape index (κ1) is 12.9. The van der Waals surface area contributed by atoms with E-state index in [-0.39, 0.29) is 24.4 Å². The highest BCUT2D eigenvalue weighted by Gasteiger charge is 2.18. The maximum Gasteiger partial charge on any atom is 0.225 e. The van der Waals surface area contributed by atoms with Crippen LogP contribution < -0.4 is 0 Å². The molecule has 0 bridgehead atoms. The molecule has 0 aromatic heterocycles. The summed E-state index contributed by atoms with van der Waals surface area (Å²) in [6.45, 7) is 1.15. The van der Waals surface area contributed by atoms with E-state index in [1.165, 1.54) is 4.90 Å². The molecule has 3 nitrogen and oxygen atoms in total. The molecule has 0 spiro atoms. The van der Waals surface area contributed by atoms with E-state index in [2.05, 4.69) is 0 Å². The predicted molar refractivity (Wildman–Crippen MR) is 57.2 cm³/mol. The highest BCUT2D eigenvalue weighted by molar-refractivity contribution is 5.76. The Balaban J connectivity index is 2.15. The monoisotopic (exact) mass is 259 g/mol. The third-order valence-electron chi connectivity index (χ3n) is 2.74. The minimum atomic E-state index is -1.50. The summed E-state index contributed by atoms with van der Waals surface area (Å²) in [7, 11) is 0. The number of halogens is 3. The van der Waals surface area contributed by atoms with Crippen molar-refractivity contribution < 1.29 is 22.7 Å². The first-order valence-corrected chi connectivity index (χ1v) is 5.57. The zero-order valence-corrected chi connectivity index (χ0v) is 9.59. The molecule has 0 atom stereocenters. The number of amides is 1. The molecule has 98 valence electrons. The average Bonchev–Trinajstić information content (AvgIpc) is 2.52. The molecule has 1 aromatic carbocycles. The third kappa shape index (κ3) is 2.81. The van der Waals surface area contributed by atoms with Gasteiger partial charge >= 0.3 is 0 Å². The Bertz CT molecular complexity index is 442. The minimum Gasteiger partial charge on any atom is -0.379 e. The Kier molecular flexibility index (Phi) is 3.86. The molecule has 18 heavy (non-hydrogen) atoms. The Labute approximate surface area is 102 Å². The van der Waals surface area contributed by atoms with Gasteiger partial charge in [-0.25, -0.2) is 13.2 Å². The van der Waals surface area contributed by atoms with Gasteiger partial charge in [0, 0.05) is 13.1 Å².